The van der Waals surface area contributed by atoms with Gasteiger partial charge in [-0.2, -0.15) is 14.0 Å². The first-order chi connectivity index (χ1) is 11.3. The van der Waals surface area contributed by atoms with Crippen molar-refractivity contribution >= 4 is 39.2 Å². The van der Waals surface area contributed by atoms with Crippen molar-refractivity contribution < 1.29 is 26.9 Å². The number of Topliss-reactive ketones (excluding diaryl/α,β-unsaturated/α-hetero) is 1. The van der Waals surface area contributed by atoms with E-state index in [-0.39, 0.29) is 25.5 Å². The number of hydrogen-bond donors (Lipinski definition) is 0. The third-order valence-electron chi connectivity index (χ3n) is 3.21. The Kier molecular flexibility index (Phi) is 4.13. The lowest BCUT2D eigenvalue weighted by Crippen LogP contribution is -2.26. The van der Waals surface area contributed by atoms with E-state index >= 15 is 0 Å². The highest BCUT2D eigenvalue weighted by Gasteiger charge is 2.56. The summed E-state index contributed by atoms with van der Waals surface area (Å²) in [6, 6.07) is 7.46. The van der Waals surface area contributed by atoms with E-state index in [4.69, 9.17) is 10.00 Å². The quantitative estimate of drug-likeness (QED) is 0.632. The Morgan fingerprint density at radius 1 is 1.25 bits per heavy atom. The molecule has 3 rings (SSSR count). The molecule has 1 heterocycles. The highest BCUT2D eigenvalue weighted by atomic mass is 127. The number of nitrogens with zero attached hydrogens (tertiary/aromatic N) is 1. The van der Waals surface area contributed by atoms with Crippen molar-refractivity contribution in [3.8, 4) is 17.6 Å². The fourth-order valence-corrected chi connectivity index (χ4v) is 4.39. The van der Waals surface area contributed by atoms with Crippen molar-refractivity contribution in [3.63, 3.8) is 0 Å². The Labute approximate surface area is 149 Å². The summed E-state index contributed by atoms with van der Waals surface area (Å²) in [5.74, 6) is -2.77. The molecule has 0 spiro atoms. The number of fused-ring (bicyclic) bond motifs is 1. The van der Waals surface area contributed by atoms with Crippen LogP contribution in [0.1, 0.15) is 15.9 Å². The first-order valence-corrected chi connectivity index (χ1v) is 8.54. The number of halogens is 4. The van der Waals surface area contributed by atoms with Gasteiger partial charge in [0.1, 0.15) is 28.1 Å². The second-order valence-electron chi connectivity index (χ2n) is 4.75. The number of carbonyl (C=O) groups excluding carboxylic acids is 1. The topological polar surface area (TPSA) is 67.2 Å². The SMILES string of the molecule is N#Cc1cc(F)cc(Oc2ccc(I)c3c2C(=O)C(F)(F)S3=O)c1. The van der Waals surface area contributed by atoms with Gasteiger partial charge in [0.15, 0.2) is 0 Å². The fraction of sp³-hybridized carbons (Fsp3) is 0.0667. The zero-order valence-corrected chi connectivity index (χ0v) is 14.5. The minimum absolute atomic E-state index is 0.0348. The van der Waals surface area contributed by atoms with Crippen LogP contribution in [0.2, 0.25) is 0 Å². The summed E-state index contributed by atoms with van der Waals surface area (Å²) < 4.78 is 58.5. The van der Waals surface area contributed by atoms with Crippen LogP contribution in [0.25, 0.3) is 0 Å². The molecule has 0 N–H and O–H groups in total. The number of alkyl halides is 2. The smallest absolute Gasteiger partial charge is 0.387 e. The maximum Gasteiger partial charge on any atom is 0.387 e. The van der Waals surface area contributed by atoms with E-state index in [1.165, 1.54) is 18.2 Å². The van der Waals surface area contributed by atoms with Gasteiger partial charge in [0.2, 0.25) is 0 Å². The van der Waals surface area contributed by atoms with E-state index in [0.717, 1.165) is 12.1 Å². The molecule has 1 unspecified atom stereocenters. The normalized spacial score (nSPS) is 18.1. The van der Waals surface area contributed by atoms with E-state index in [1.54, 1.807) is 28.7 Å². The van der Waals surface area contributed by atoms with Crippen LogP contribution >= 0.6 is 22.6 Å². The average molecular weight is 463 g/mol. The van der Waals surface area contributed by atoms with Crippen molar-refractivity contribution in [1.82, 2.24) is 0 Å². The minimum atomic E-state index is -4.04. The first kappa shape index (κ1) is 16.9. The van der Waals surface area contributed by atoms with E-state index < -0.39 is 33.2 Å². The maximum atomic E-state index is 13.8. The third kappa shape index (κ3) is 2.59. The average Bonchev–Trinajstić information content (AvgIpc) is 2.71. The molecule has 1 aliphatic rings. The molecule has 122 valence electrons. The van der Waals surface area contributed by atoms with Gasteiger partial charge in [-0.1, -0.05) is 0 Å². The van der Waals surface area contributed by atoms with E-state index in [1.807, 2.05) is 0 Å². The predicted octanol–water partition coefficient (Wildman–Crippen LogP) is 3.99. The van der Waals surface area contributed by atoms with E-state index in [9.17, 15) is 22.2 Å². The molecule has 0 amide bonds. The number of hydrogen-bond acceptors (Lipinski definition) is 4. The lowest BCUT2D eigenvalue weighted by molar-refractivity contribution is 0.0564. The van der Waals surface area contributed by atoms with Gasteiger partial charge in [-0.15, -0.1) is 0 Å². The number of nitriles is 1. The minimum Gasteiger partial charge on any atom is -0.456 e. The van der Waals surface area contributed by atoms with Crippen LogP contribution in [0.4, 0.5) is 13.2 Å². The lowest BCUT2D eigenvalue weighted by Gasteiger charge is -2.10. The maximum absolute atomic E-state index is 13.8. The Morgan fingerprint density at radius 2 is 1.96 bits per heavy atom. The number of benzene rings is 2. The zero-order chi connectivity index (χ0) is 17.6. The summed E-state index contributed by atoms with van der Waals surface area (Å²) in [7, 11) is -2.83. The number of rotatable bonds is 2. The highest BCUT2D eigenvalue weighted by molar-refractivity contribution is 14.1. The molecular formula is C15H5F3INO3S. The molecule has 0 bridgehead atoms. The Bertz CT molecular complexity index is 956. The number of ketones is 1. The number of carbonyl (C=O) groups is 1. The molecule has 4 nitrogen and oxygen atoms in total. The van der Waals surface area contributed by atoms with Crippen molar-refractivity contribution in [1.29, 1.82) is 5.26 Å². The second kappa shape index (κ2) is 5.86. The van der Waals surface area contributed by atoms with Gasteiger partial charge < -0.3 is 4.74 Å². The first-order valence-electron chi connectivity index (χ1n) is 6.31. The zero-order valence-electron chi connectivity index (χ0n) is 11.5. The van der Waals surface area contributed by atoms with Crippen molar-refractivity contribution in [2.75, 3.05) is 0 Å². The molecule has 1 atom stereocenters. The molecule has 0 radical (unpaired) electrons. The lowest BCUT2D eigenvalue weighted by atomic mass is 10.1. The van der Waals surface area contributed by atoms with Crippen molar-refractivity contribution in [3.05, 3.63) is 50.8 Å². The van der Waals surface area contributed by atoms with Crippen molar-refractivity contribution in [2.24, 2.45) is 0 Å². The van der Waals surface area contributed by atoms with E-state index in [0.29, 0.717) is 0 Å². The van der Waals surface area contributed by atoms with Gasteiger partial charge in [0.25, 0.3) is 5.78 Å². The van der Waals surface area contributed by atoms with Gasteiger partial charge >= 0.3 is 5.25 Å². The summed E-state index contributed by atoms with van der Waals surface area (Å²) in [5.41, 5.74) is -0.527. The van der Waals surface area contributed by atoms with Gasteiger partial charge in [-0.05, 0) is 46.9 Å². The van der Waals surface area contributed by atoms with Gasteiger partial charge in [0.05, 0.1) is 22.1 Å². The Morgan fingerprint density at radius 3 is 2.62 bits per heavy atom. The molecule has 24 heavy (non-hydrogen) atoms. The molecule has 0 aromatic heterocycles. The standard InChI is InChI=1S/C15H5F3INO3S/c16-8-3-7(6-20)4-9(5-8)23-11-2-1-10(19)13-12(11)14(21)15(17,18)24(13)22/h1-5H. The highest BCUT2D eigenvalue weighted by Crippen LogP contribution is 2.45. The molecule has 2 aromatic rings. The van der Waals surface area contributed by atoms with Crippen LogP contribution in [-0.4, -0.2) is 15.2 Å². The largest absolute Gasteiger partial charge is 0.456 e. The van der Waals surface area contributed by atoms with Crippen LogP contribution in [0, 0.1) is 20.7 Å². The molecule has 0 saturated carbocycles. The molecule has 0 saturated heterocycles. The van der Waals surface area contributed by atoms with Crippen molar-refractivity contribution in [2.45, 2.75) is 10.2 Å². The summed E-state index contributed by atoms with van der Waals surface area (Å²) in [6.07, 6.45) is 0. The third-order valence-corrected chi connectivity index (χ3v) is 5.92. The number of ether oxygens (including phenoxy) is 1. The molecular weight excluding hydrogens is 458 g/mol. The second-order valence-corrected chi connectivity index (χ2v) is 7.37. The van der Waals surface area contributed by atoms with Gasteiger partial charge in [-0.25, -0.2) is 8.60 Å². The van der Waals surface area contributed by atoms with Crippen LogP contribution in [0.3, 0.4) is 0 Å². The molecule has 9 heteroatoms. The van der Waals surface area contributed by atoms with Gasteiger partial charge in [-0.3, -0.25) is 4.79 Å². The van der Waals surface area contributed by atoms with Crippen LogP contribution in [0.15, 0.2) is 35.2 Å². The Hall–Kier alpha value is -1.93. The molecule has 0 aliphatic carbocycles. The molecule has 0 fully saturated rings. The van der Waals surface area contributed by atoms with Crippen LogP contribution < -0.4 is 4.74 Å². The van der Waals surface area contributed by atoms with Crippen LogP contribution in [0.5, 0.6) is 11.5 Å². The fourth-order valence-electron chi connectivity index (χ4n) is 2.19. The monoisotopic (exact) mass is 463 g/mol. The summed E-state index contributed by atoms with van der Waals surface area (Å²) in [5, 5.41) is 4.78. The summed E-state index contributed by atoms with van der Waals surface area (Å²) in [6.45, 7) is 0. The molecule has 2 aromatic carbocycles. The van der Waals surface area contributed by atoms with Crippen LogP contribution in [-0.2, 0) is 10.8 Å². The van der Waals surface area contributed by atoms with Gasteiger partial charge in [0, 0.05) is 9.64 Å². The summed E-state index contributed by atoms with van der Waals surface area (Å²) >= 11 is 1.70. The molecule has 1 aliphatic heterocycles. The Balaban J connectivity index is 2.14. The predicted molar refractivity (Wildman–Crippen MR) is 86.0 cm³/mol. The van der Waals surface area contributed by atoms with E-state index in [2.05, 4.69) is 0 Å². The summed E-state index contributed by atoms with van der Waals surface area (Å²) in [4.78, 5) is 11.6.